The number of piperidine rings is 1. The summed E-state index contributed by atoms with van der Waals surface area (Å²) in [6.45, 7) is 4.19. The molecule has 1 fully saturated rings. The summed E-state index contributed by atoms with van der Waals surface area (Å²) in [5.74, 6) is 0.535. The van der Waals surface area contributed by atoms with Crippen LogP contribution in [0.5, 0.6) is 0 Å². The van der Waals surface area contributed by atoms with Crippen LogP contribution >= 0.6 is 0 Å². The quantitative estimate of drug-likeness (QED) is 0.864. The molecule has 0 aromatic heterocycles. The Morgan fingerprint density at radius 3 is 2.95 bits per heavy atom. The summed E-state index contributed by atoms with van der Waals surface area (Å²) in [5, 5.41) is 12.2. The third-order valence-corrected chi connectivity index (χ3v) is 5.45. The lowest BCUT2D eigenvalue weighted by atomic mass is 9.96. The maximum absolute atomic E-state index is 12.3. The average molecular weight is 307 g/mol. The van der Waals surface area contributed by atoms with Gasteiger partial charge in [0.15, 0.2) is 0 Å². The molecular formula is C15H21N3O2S. The van der Waals surface area contributed by atoms with Crippen molar-refractivity contribution in [2.75, 3.05) is 19.6 Å². The molecule has 0 unspecified atom stereocenters. The SMILES string of the molecule is Cc1ccc(C#N)cc1S(=O)(=O)NCC[C@@H]1CCCNC1. The van der Waals surface area contributed by atoms with Gasteiger partial charge in [0.05, 0.1) is 16.5 Å². The van der Waals surface area contributed by atoms with Crippen molar-refractivity contribution in [3.8, 4) is 6.07 Å². The fourth-order valence-electron chi connectivity index (χ4n) is 2.60. The van der Waals surface area contributed by atoms with Gasteiger partial charge in [-0.15, -0.1) is 0 Å². The molecule has 0 amide bonds. The van der Waals surface area contributed by atoms with E-state index in [-0.39, 0.29) is 4.90 Å². The first-order valence-corrected chi connectivity index (χ1v) is 8.72. The highest BCUT2D eigenvalue weighted by Gasteiger charge is 2.18. The molecule has 1 heterocycles. The summed E-state index contributed by atoms with van der Waals surface area (Å²) in [6.07, 6.45) is 3.14. The van der Waals surface area contributed by atoms with E-state index < -0.39 is 10.0 Å². The smallest absolute Gasteiger partial charge is 0.240 e. The van der Waals surface area contributed by atoms with Crippen molar-refractivity contribution in [3.63, 3.8) is 0 Å². The van der Waals surface area contributed by atoms with E-state index in [9.17, 15) is 8.42 Å². The Bertz CT molecular complexity index is 629. The first-order chi connectivity index (χ1) is 10.0. The molecule has 2 N–H and O–H groups in total. The van der Waals surface area contributed by atoms with Crippen LogP contribution in [-0.4, -0.2) is 28.1 Å². The van der Waals surface area contributed by atoms with E-state index in [2.05, 4.69) is 10.0 Å². The van der Waals surface area contributed by atoms with Gasteiger partial charge in [-0.1, -0.05) is 6.07 Å². The number of sulfonamides is 1. The molecule has 0 bridgehead atoms. The first kappa shape index (κ1) is 16.0. The zero-order valence-corrected chi connectivity index (χ0v) is 13.0. The molecular weight excluding hydrogens is 286 g/mol. The van der Waals surface area contributed by atoms with Gasteiger partial charge in [-0.25, -0.2) is 13.1 Å². The largest absolute Gasteiger partial charge is 0.316 e. The number of hydrogen-bond donors (Lipinski definition) is 2. The van der Waals surface area contributed by atoms with Crippen molar-refractivity contribution in [3.05, 3.63) is 29.3 Å². The molecule has 5 nitrogen and oxygen atoms in total. The van der Waals surface area contributed by atoms with Gasteiger partial charge < -0.3 is 5.32 Å². The molecule has 0 spiro atoms. The van der Waals surface area contributed by atoms with Gasteiger partial charge in [-0.2, -0.15) is 5.26 Å². The highest BCUT2D eigenvalue weighted by Crippen LogP contribution is 2.18. The number of rotatable bonds is 5. The van der Waals surface area contributed by atoms with Crippen LogP contribution in [0.2, 0.25) is 0 Å². The van der Waals surface area contributed by atoms with Crippen LogP contribution in [0, 0.1) is 24.2 Å². The summed E-state index contributed by atoms with van der Waals surface area (Å²) in [5.41, 5.74) is 1.01. The van der Waals surface area contributed by atoms with E-state index in [1.165, 1.54) is 6.07 Å². The molecule has 0 aliphatic carbocycles. The van der Waals surface area contributed by atoms with Crippen molar-refractivity contribution in [1.29, 1.82) is 5.26 Å². The summed E-state index contributed by atoms with van der Waals surface area (Å²) in [7, 11) is -3.55. The minimum atomic E-state index is -3.55. The van der Waals surface area contributed by atoms with Crippen LogP contribution in [0.25, 0.3) is 0 Å². The Balaban J connectivity index is 1.99. The van der Waals surface area contributed by atoms with Gasteiger partial charge in [0, 0.05) is 6.54 Å². The van der Waals surface area contributed by atoms with Gasteiger partial charge >= 0.3 is 0 Å². The lowest BCUT2D eigenvalue weighted by molar-refractivity contribution is 0.358. The van der Waals surface area contributed by atoms with Crippen LogP contribution in [0.15, 0.2) is 23.1 Å². The first-order valence-electron chi connectivity index (χ1n) is 7.24. The Hall–Kier alpha value is -1.42. The van der Waals surface area contributed by atoms with Crippen LogP contribution < -0.4 is 10.0 Å². The number of hydrogen-bond acceptors (Lipinski definition) is 4. The maximum Gasteiger partial charge on any atom is 0.240 e. The molecule has 2 rings (SSSR count). The normalized spacial score (nSPS) is 19.1. The maximum atomic E-state index is 12.3. The van der Waals surface area contributed by atoms with E-state index in [1.807, 2.05) is 6.07 Å². The molecule has 0 radical (unpaired) electrons. The van der Waals surface area contributed by atoms with Crippen LogP contribution in [0.3, 0.4) is 0 Å². The standard InChI is InChI=1S/C15H21N3O2S/c1-12-4-5-14(10-16)9-15(12)21(19,20)18-8-6-13-3-2-7-17-11-13/h4-5,9,13,17-18H,2-3,6-8,11H2,1H3/t13-/m0/s1. The van der Waals surface area contributed by atoms with Crippen molar-refractivity contribution < 1.29 is 8.42 Å². The van der Waals surface area contributed by atoms with Gasteiger partial charge in [0.25, 0.3) is 0 Å². The Morgan fingerprint density at radius 1 is 1.48 bits per heavy atom. The summed E-state index contributed by atoms with van der Waals surface area (Å²) < 4.78 is 27.3. The topological polar surface area (TPSA) is 82.0 Å². The van der Waals surface area contributed by atoms with Crippen molar-refractivity contribution >= 4 is 10.0 Å². The molecule has 1 aromatic rings. The third kappa shape index (κ3) is 4.27. The zero-order valence-electron chi connectivity index (χ0n) is 12.2. The summed E-state index contributed by atoms with van der Waals surface area (Å²) >= 11 is 0. The molecule has 21 heavy (non-hydrogen) atoms. The second-order valence-electron chi connectivity index (χ2n) is 5.49. The third-order valence-electron chi connectivity index (χ3n) is 3.85. The van der Waals surface area contributed by atoms with Crippen molar-refractivity contribution in [2.24, 2.45) is 5.92 Å². The number of aryl methyl sites for hydroxylation is 1. The number of nitrogens with zero attached hydrogens (tertiary/aromatic N) is 1. The number of nitriles is 1. The van der Waals surface area contributed by atoms with E-state index >= 15 is 0 Å². The predicted octanol–water partition coefficient (Wildman–Crippen LogP) is 1.53. The van der Waals surface area contributed by atoms with E-state index in [0.717, 1.165) is 32.4 Å². The van der Waals surface area contributed by atoms with Gasteiger partial charge in [0.1, 0.15) is 0 Å². The van der Waals surface area contributed by atoms with Crippen LogP contribution in [0.4, 0.5) is 0 Å². The Kier molecular flexibility index (Phi) is 5.34. The monoisotopic (exact) mass is 307 g/mol. The molecule has 1 aromatic carbocycles. The van der Waals surface area contributed by atoms with Crippen LogP contribution in [0.1, 0.15) is 30.4 Å². The Labute approximate surface area is 126 Å². The molecule has 1 saturated heterocycles. The second kappa shape index (κ2) is 7.03. The molecule has 1 aliphatic rings. The van der Waals surface area contributed by atoms with E-state index in [1.54, 1.807) is 19.1 Å². The van der Waals surface area contributed by atoms with E-state index in [0.29, 0.717) is 23.6 Å². The van der Waals surface area contributed by atoms with Crippen molar-refractivity contribution in [2.45, 2.75) is 31.1 Å². The molecule has 1 aliphatic heterocycles. The minimum Gasteiger partial charge on any atom is -0.316 e. The lowest BCUT2D eigenvalue weighted by Crippen LogP contribution is -2.33. The minimum absolute atomic E-state index is 0.198. The fraction of sp³-hybridized carbons (Fsp3) is 0.533. The number of benzene rings is 1. The van der Waals surface area contributed by atoms with Crippen LogP contribution in [-0.2, 0) is 10.0 Å². The summed E-state index contributed by atoms with van der Waals surface area (Å²) in [6, 6.07) is 6.70. The van der Waals surface area contributed by atoms with Gasteiger partial charge in [-0.05, 0) is 62.9 Å². The highest BCUT2D eigenvalue weighted by atomic mass is 32.2. The van der Waals surface area contributed by atoms with Gasteiger partial charge in [-0.3, -0.25) is 0 Å². The van der Waals surface area contributed by atoms with Crippen molar-refractivity contribution in [1.82, 2.24) is 10.0 Å². The number of nitrogens with one attached hydrogen (secondary N) is 2. The predicted molar refractivity (Wildman–Crippen MR) is 81.3 cm³/mol. The Morgan fingerprint density at radius 2 is 2.29 bits per heavy atom. The molecule has 1 atom stereocenters. The molecule has 114 valence electrons. The highest BCUT2D eigenvalue weighted by molar-refractivity contribution is 7.89. The van der Waals surface area contributed by atoms with Gasteiger partial charge in [0.2, 0.25) is 10.0 Å². The average Bonchev–Trinajstić information content (AvgIpc) is 2.48. The van der Waals surface area contributed by atoms with E-state index in [4.69, 9.17) is 5.26 Å². The summed E-state index contributed by atoms with van der Waals surface area (Å²) in [4.78, 5) is 0.198. The second-order valence-corrected chi connectivity index (χ2v) is 7.23. The molecule has 0 saturated carbocycles. The zero-order chi connectivity index (χ0) is 15.3. The lowest BCUT2D eigenvalue weighted by Gasteiger charge is -2.22. The molecule has 6 heteroatoms. The fourth-order valence-corrected chi connectivity index (χ4v) is 3.92.